The summed E-state index contributed by atoms with van der Waals surface area (Å²) in [6.45, 7) is 17.5. The average Bonchev–Trinajstić information content (AvgIpc) is 3.35. The molecule has 0 aliphatic carbocycles. The molecule has 0 aliphatic rings. The molecule has 2 N–H and O–H groups in total. The Morgan fingerprint density at radius 3 is 0.925 bits per heavy atom. The molecule has 0 bridgehead atoms. The van der Waals surface area contributed by atoms with Crippen LogP contribution >= 0.6 is 0 Å². The van der Waals surface area contributed by atoms with E-state index in [0.29, 0.717) is 22.6 Å². The van der Waals surface area contributed by atoms with E-state index < -0.39 is 10.8 Å². The summed E-state index contributed by atoms with van der Waals surface area (Å²) in [6, 6.07) is 65.1. The number of ether oxygens (including phenoxy) is 1. The number of hydrogen-bond acceptors (Lipinski definition) is 5. The largest absolute Gasteiger partial charge is 0.507 e. The van der Waals surface area contributed by atoms with Crippen LogP contribution in [0.5, 0.6) is 23.0 Å². The minimum absolute atomic E-state index is 0.215. The van der Waals surface area contributed by atoms with Crippen molar-refractivity contribution in [2.24, 2.45) is 9.98 Å². The standard InChI is InChI=1S/C62H60N2O3/c1-59(2,45-21-13-9-14-22-45)49-37-43(57(65)55(39-49)61(5,6)47-25-17-11-18-26-47)41-63-51-29-33-53(34-30-51)67-54-35-31-52(32-36-54)64-42-44-38-50(60(3,4)46-23-15-10-16-24-46)40-56(58(44)66)62(7,8)48-27-19-12-20-28-48/h9-42,65-66H,1-8H3. The van der Waals surface area contributed by atoms with Gasteiger partial charge in [0.2, 0.25) is 0 Å². The summed E-state index contributed by atoms with van der Waals surface area (Å²) in [7, 11) is 0. The molecule has 5 nitrogen and oxygen atoms in total. The van der Waals surface area contributed by atoms with Crippen molar-refractivity contribution in [2.75, 3.05) is 0 Å². The normalized spacial score (nSPS) is 12.5. The van der Waals surface area contributed by atoms with Crippen LogP contribution in [0.4, 0.5) is 11.4 Å². The molecule has 0 saturated carbocycles. The molecule has 336 valence electrons. The molecule has 8 rings (SSSR count). The molecule has 0 heterocycles. The number of rotatable bonds is 14. The zero-order valence-electron chi connectivity index (χ0n) is 39.8. The van der Waals surface area contributed by atoms with E-state index in [1.807, 2.05) is 97.1 Å². The maximum absolute atomic E-state index is 11.9. The first-order valence-electron chi connectivity index (χ1n) is 23.0. The van der Waals surface area contributed by atoms with E-state index in [9.17, 15) is 10.2 Å². The van der Waals surface area contributed by atoms with Crippen molar-refractivity contribution in [3.05, 3.63) is 250 Å². The highest BCUT2D eigenvalue weighted by atomic mass is 16.5. The number of aliphatic imine (C=N–C) groups is 2. The summed E-state index contributed by atoms with van der Waals surface area (Å²) in [5, 5.41) is 23.8. The fraction of sp³-hybridized carbons (Fsp3) is 0.194. The van der Waals surface area contributed by atoms with Crippen LogP contribution in [0.25, 0.3) is 0 Å². The zero-order valence-corrected chi connectivity index (χ0v) is 39.8. The van der Waals surface area contributed by atoms with Gasteiger partial charge in [-0.2, -0.15) is 0 Å². The summed E-state index contributed by atoms with van der Waals surface area (Å²) in [5.41, 5.74) is 9.61. The maximum atomic E-state index is 11.9. The lowest BCUT2D eigenvalue weighted by molar-refractivity contribution is 0.450. The molecule has 0 amide bonds. The fourth-order valence-corrected chi connectivity index (χ4v) is 8.87. The van der Waals surface area contributed by atoms with Gasteiger partial charge in [-0.3, -0.25) is 9.98 Å². The van der Waals surface area contributed by atoms with Crippen LogP contribution in [0.3, 0.4) is 0 Å². The molecular weight excluding hydrogens is 821 g/mol. The summed E-state index contributed by atoms with van der Waals surface area (Å²) in [6.07, 6.45) is 3.51. The van der Waals surface area contributed by atoms with Crippen LogP contribution in [0.15, 0.2) is 204 Å². The Balaban J connectivity index is 1.02. The molecule has 0 unspecified atom stereocenters. The number of phenolic OH excluding ortho intramolecular Hbond substituents is 2. The van der Waals surface area contributed by atoms with Gasteiger partial charge in [-0.25, -0.2) is 0 Å². The van der Waals surface area contributed by atoms with E-state index in [1.165, 1.54) is 11.1 Å². The highest BCUT2D eigenvalue weighted by molar-refractivity contribution is 5.88. The van der Waals surface area contributed by atoms with Crippen molar-refractivity contribution in [2.45, 2.75) is 77.0 Å². The van der Waals surface area contributed by atoms with Crippen LogP contribution < -0.4 is 4.74 Å². The number of hydrogen-bond donors (Lipinski definition) is 2. The van der Waals surface area contributed by atoms with Crippen molar-refractivity contribution in [3.8, 4) is 23.0 Å². The highest BCUT2D eigenvalue weighted by Crippen LogP contribution is 2.44. The average molecular weight is 881 g/mol. The van der Waals surface area contributed by atoms with Gasteiger partial charge in [0.1, 0.15) is 23.0 Å². The Kier molecular flexibility index (Phi) is 12.9. The molecule has 0 saturated heterocycles. The molecule has 8 aromatic rings. The number of benzene rings is 8. The highest BCUT2D eigenvalue weighted by Gasteiger charge is 2.33. The SMILES string of the molecule is CC(C)(c1ccccc1)c1cc(C=Nc2ccc(Oc3ccc(N=Cc4cc(C(C)(C)c5ccccc5)cc(C(C)(C)c5ccccc5)c4O)cc3)cc2)c(O)c(C(C)(C)c2ccccc2)c1. The lowest BCUT2D eigenvalue weighted by Crippen LogP contribution is -2.24. The molecule has 67 heavy (non-hydrogen) atoms. The Bertz CT molecular complexity index is 2800. The van der Waals surface area contributed by atoms with Crippen LogP contribution in [0.1, 0.15) is 111 Å². The molecule has 8 aromatic carbocycles. The van der Waals surface area contributed by atoms with Gasteiger partial charge in [0.25, 0.3) is 0 Å². The van der Waals surface area contributed by atoms with Gasteiger partial charge in [-0.05, 0) is 94.0 Å². The minimum Gasteiger partial charge on any atom is -0.507 e. The van der Waals surface area contributed by atoms with Gasteiger partial charge < -0.3 is 14.9 Å². The maximum Gasteiger partial charge on any atom is 0.128 e. The van der Waals surface area contributed by atoms with E-state index in [1.54, 1.807) is 12.4 Å². The molecule has 5 heteroatoms. The van der Waals surface area contributed by atoms with E-state index in [4.69, 9.17) is 14.7 Å². The van der Waals surface area contributed by atoms with Gasteiger partial charge in [-0.15, -0.1) is 0 Å². The lowest BCUT2D eigenvalue weighted by Gasteiger charge is -2.32. The number of phenols is 2. The topological polar surface area (TPSA) is 74.4 Å². The van der Waals surface area contributed by atoms with Crippen molar-refractivity contribution in [1.29, 1.82) is 0 Å². The van der Waals surface area contributed by atoms with E-state index in [2.05, 4.69) is 152 Å². The summed E-state index contributed by atoms with van der Waals surface area (Å²) in [5.74, 6) is 1.75. The number of nitrogens with zero attached hydrogens (tertiary/aromatic N) is 2. The third-order valence-electron chi connectivity index (χ3n) is 13.7. The fourth-order valence-electron chi connectivity index (χ4n) is 8.87. The first-order valence-corrected chi connectivity index (χ1v) is 23.0. The molecule has 0 radical (unpaired) electrons. The van der Waals surface area contributed by atoms with Gasteiger partial charge in [0.05, 0.1) is 11.4 Å². The summed E-state index contributed by atoms with van der Waals surface area (Å²) >= 11 is 0. The molecule has 0 aromatic heterocycles. The van der Waals surface area contributed by atoms with Crippen molar-refractivity contribution in [1.82, 2.24) is 0 Å². The van der Waals surface area contributed by atoms with Crippen LogP contribution in [-0.2, 0) is 21.7 Å². The van der Waals surface area contributed by atoms with E-state index in [-0.39, 0.29) is 22.3 Å². The van der Waals surface area contributed by atoms with Gasteiger partial charge in [0.15, 0.2) is 0 Å². The summed E-state index contributed by atoms with van der Waals surface area (Å²) in [4.78, 5) is 9.67. The monoisotopic (exact) mass is 880 g/mol. The van der Waals surface area contributed by atoms with Crippen LogP contribution in [-0.4, -0.2) is 22.6 Å². The molecular formula is C62H60N2O3. The predicted molar refractivity (Wildman–Crippen MR) is 278 cm³/mol. The van der Waals surface area contributed by atoms with Crippen LogP contribution in [0.2, 0.25) is 0 Å². The Morgan fingerprint density at radius 1 is 0.343 bits per heavy atom. The minimum atomic E-state index is -0.473. The van der Waals surface area contributed by atoms with Crippen molar-refractivity contribution in [3.63, 3.8) is 0 Å². The molecule has 0 spiro atoms. The van der Waals surface area contributed by atoms with Gasteiger partial charge in [-0.1, -0.05) is 189 Å². The third kappa shape index (κ3) is 9.74. The second-order valence-corrected chi connectivity index (χ2v) is 19.5. The van der Waals surface area contributed by atoms with E-state index in [0.717, 1.165) is 44.8 Å². The second kappa shape index (κ2) is 18.8. The number of aromatic hydroxyl groups is 2. The third-order valence-corrected chi connectivity index (χ3v) is 13.7. The summed E-state index contributed by atoms with van der Waals surface area (Å²) < 4.78 is 6.25. The Morgan fingerprint density at radius 2 is 0.627 bits per heavy atom. The van der Waals surface area contributed by atoms with Crippen molar-refractivity contribution < 1.29 is 14.9 Å². The van der Waals surface area contributed by atoms with Gasteiger partial charge in [0, 0.05) is 56.3 Å². The first-order chi connectivity index (χ1) is 32.0. The predicted octanol–water partition coefficient (Wildman–Crippen LogP) is 15.7. The second-order valence-electron chi connectivity index (χ2n) is 19.5. The smallest absolute Gasteiger partial charge is 0.128 e. The van der Waals surface area contributed by atoms with Crippen molar-refractivity contribution >= 4 is 23.8 Å². The van der Waals surface area contributed by atoms with Crippen LogP contribution in [0, 0.1) is 0 Å². The first kappa shape index (κ1) is 46.0. The Labute approximate surface area is 396 Å². The molecule has 0 atom stereocenters. The zero-order chi connectivity index (χ0) is 47.4. The lowest BCUT2D eigenvalue weighted by atomic mass is 9.72. The molecule has 0 aliphatic heterocycles. The van der Waals surface area contributed by atoms with Gasteiger partial charge >= 0.3 is 0 Å². The molecule has 0 fully saturated rings. The van der Waals surface area contributed by atoms with E-state index >= 15 is 0 Å². The quantitative estimate of drug-likeness (QED) is 0.107. The Hall–Kier alpha value is -7.50.